The van der Waals surface area contributed by atoms with Crippen molar-refractivity contribution in [3.05, 3.63) is 22.9 Å². The van der Waals surface area contributed by atoms with E-state index < -0.39 is 0 Å². The van der Waals surface area contributed by atoms with E-state index in [0.29, 0.717) is 12.1 Å². The van der Waals surface area contributed by atoms with Crippen molar-refractivity contribution in [3.8, 4) is 0 Å². The highest BCUT2D eigenvalue weighted by Crippen LogP contribution is 2.33. The number of nitrogens with zero attached hydrogens (tertiary/aromatic N) is 2. The molecular weight excluding hydrogens is 238 g/mol. The van der Waals surface area contributed by atoms with E-state index in [-0.39, 0.29) is 5.69 Å². The minimum Gasteiger partial charge on any atom is -0.312 e. The summed E-state index contributed by atoms with van der Waals surface area (Å²) in [6, 6.07) is 1.03. The molecule has 1 aromatic heterocycles. The number of hydrogen-bond acceptors (Lipinski definition) is 2. The number of imidazole rings is 1. The standard InChI is InChI=1S/C15H27N3O/c1-3-4-5-6-13(2)16-9-10-17-11-12-18(15(17)19)14-7-8-14/h11-14,16H,3-10H2,1-2H3. The van der Waals surface area contributed by atoms with Gasteiger partial charge in [0.25, 0.3) is 0 Å². The highest BCUT2D eigenvalue weighted by atomic mass is 16.1. The maximum absolute atomic E-state index is 12.0. The Hall–Kier alpha value is -1.03. The molecule has 0 spiro atoms. The molecule has 2 rings (SSSR count). The zero-order chi connectivity index (χ0) is 13.7. The normalized spacial score (nSPS) is 16.7. The number of hydrogen-bond donors (Lipinski definition) is 1. The SMILES string of the molecule is CCCCCC(C)NCCn1ccn(C2CC2)c1=O. The molecule has 1 aliphatic rings. The van der Waals surface area contributed by atoms with Gasteiger partial charge in [-0.05, 0) is 26.2 Å². The molecule has 1 heterocycles. The van der Waals surface area contributed by atoms with E-state index >= 15 is 0 Å². The lowest BCUT2D eigenvalue weighted by Gasteiger charge is -2.13. The molecular formula is C15H27N3O. The van der Waals surface area contributed by atoms with Crippen molar-refractivity contribution < 1.29 is 0 Å². The predicted molar refractivity (Wildman–Crippen MR) is 78.6 cm³/mol. The van der Waals surface area contributed by atoms with Gasteiger partial charge in [0.1, 0.15) is 0 Å². The minimum absolute atomic E-state index is 0.155. The maximum Gasteiger partial charge on any atom is 0.328 e. The molecule has 0 aliphatic heterocycles. The number of unbranched alkanes of at least 4 members (excludes halogenated alkanes) is 2. The van der Waals surface area contributed by atoms with Crippen molar-refractivity contribution in [2.45, 2.75) is 71.0 Å². The second-order valence-electron chi connectivity index (χ2n) is 5.76. The number of rotatable bonds is 9. The summed E-state index contributed by atoms with van der Waals surface area (Å²) in [5, 5.41) is 3.50. The smallest absolute Gasteiger partial charge is 0.312 e. The number of nitrogens with one attached hydrogen (secondary N) is 1. The van der Waals surface area contributed by atoms with E-state index in [9.17, 15) is 4.79 Å². The van der Waals surface area contributed by atoms with Gasteiger partial charge in [0.15, 0.2) is 0 Å². The molecule has 1 atom stereocenters. The van der Waals surface area contributed by atoms with Crippen LogP contribution in [0.15, 0.2) is 17.2 Å². The first-order valence-electron chi connectivity index (χ1n) is 7.73. The molecule has 0 aromatic carbocycles. The van der Waals surface area contributed by atoms with Gasteiger partial charge < -0.3 is 5.32 Å². The van der Waals surface area contributed by atoms with Crippen molar-refractivity contribution in [3.63, 3.8) is 0 Å². The zero-order valence-corrected chi connectivity index (χ0v) is 12.3. The van der Waals surface area contributed by atoms with E-state index in [4.69, 9.17) is 0 Å². The minimum atomic E-state index is 0.155. The van der Waals surface area contributed by atoms with E-state index in [1.807, 2.05) is 21.5 Å². The molecule has 1 saturated carbocycles. The second-order valence-corrected chi connectivity index (χ2v) is 5.76. The van der Waals surface area contributed by atoms with Crippen molar-refractivity contribution in [2.75, 3.05) is 6.54 Å². The fourth-order valence-electron chi connectivity index (χ4n) is 2.46. The van der Waals surface area contributed by atoms with Crippen molar-refractivity contribution in [1.29, 1.82) is 0 Å². The molecule has 4 nitrogen and oxygen atoms in total. The lowest BCUT2D eigenvalue weighted by molar-refractivity contribution is 0.465. The zero-order valence-electron chi connectivity index (χ0n) is 12.3. The van der Waals surface area contributed by atoms with Crippen LogP contribution in [0.2, 0.25) is 0 Å². The molecule has 108 valence electrons. The van der Waals surface area contributed by atoms with Gasteiger partial charge in [0, 0.05) is 37.6 Å². The first-order chi connectivity index (χ1) is 9.22. The third-order valence-corrected chi connectivity index (χ3v) is 3.90. The third-order valence-electron chi connectivity index (χ3n) is 3.90. The summed E-state index contributed by atoms with van der Waals surface area (Å²) in [7, 11) is 0. The van der Waals surface area contributed by atoms with E-state index in [2.05, 4.69) is 19.2 Å². The summed E-state index contributed by atoms with van der Waals surface area (Å²) in [5.74, 6) is 0. The Morgan fingerprint density at radius 3 is 2.84 bits per heavy atom. The van der Waals surface area contributed by atoms with Gasteiger partial charge in [-0.25, -0.2) is 4.79 Å². The Morgan fingerprint density at radius 1 is 1.37 bits per heavy atom. The Morgan fingerprint density at radius 2 is 2.16 bits per heavy atom. The van der Waals surface area contributed by atoms with Crippen molar-refractivity contribution in [1.82, 2.24) is 14.5 Å². The van der Waals surface area contributed by atoms with Gasteiger partial charge in [-0.2, -0.15) is 0 Å². The largest absolute Gasteiger partial charge is 0.328 e. The maximum atomic E-state index is 12.0. The third kappa shape index (κ3) is 4.23. The quantitative estimate of drug-likeness (QED) is 0.697. The van der Waals surface area contributed by atoms with Gasteiger partial charge in [0.2, 0.25) is 0 Å². The lowest BCUT2D eigenvalue weighted by atomic mass is 10.1. The molecule has 1 aromatic rings. The van der Waals surface area contributed by atoms with Crippen LogP contribution < -0.4 is 11.0 Å². The molecule has 1 aliphatic carbocycles. The Bertz CT molecular complexity index is 431. The lowest BCUT2D eigenvalue weighted by Crippen LogP contribution is -2.32. The molecule has 1 fully saturated rings. The Balaban J connectivity index is 1.69. The Kier molecular flexibility index (Phi) is 5.25. The topological polar surface area (TPSA) is 39.0 Å². The second kappa shape index (κ2) is 6.94. The summed E-state index contributed by atoms with van der Waals surface area (Å²) >= 11 is 0. The molecule has 4 heteroatoms. The fourth-order valence-corrected chi connectivity index (χ4v) is 2.46. The van der Waals surface area contributed by atoms with Gasteiger partial charge >= 0.3 is 5.69 Å². The molecule has 1 unspecified atom stereocenters. The summed E-state index contributed by atoms with van der Waals surface area (Å²) in [6.07, 6.45) is 11.3. The van der Waals surface area contributed by atoms with Gasteiger partial charge in [-0.1, -0.05) is 26.2 Å². The van der Waals surface area contributed by atoms with Crippen LogP contribution in [0.4, 0.5) is 0 Å². The van der Waals surface area contributed by atoms with E-state index in [1.54, 1.807) is 0 Å². The Labute approximate surface area is 115 Å². The molecule has 0 radical (unpaired) electrons. The van der Waals surface area contributed by atoms with Crippen LogP contribution in [0, 0.1) is 0 Å². The van der Waals surface area contributed by atoms with Gasteiger partial charge in [-0.3, -0.25) is 9.13 Å². The van der Waals surface area contributed by atoms with Gasteiger partial charge in [0.05, 0.1) is 0 Å². The van der Waals surface area contributed by atoms with Crippen LogP contribution in [0.25, 0.3) is 0 Å². The fraction of sp³-hybridized carbons (Fsp3) is 0.800. The average molecular weight is 265 g/mol. The highest BCUT2D eigenvalue weighted by molar-refractivity contribution is 4.91. The van der Waals surface area contributed by atoms with E-state index in [1.165, 1.54) is 25.7 Å². The summed E-state index contributed by atoms with van der Waals surface area (Å²) in [4.78, 5) is 12.0. The molecule has 0 bridgehead atoms. The molecule has 0 saturated heterocycles. The molecule has 0 amide bonds. The first kappa shape index (κ1) is 14.4. The summed E-state index contributed by atoms with van der Waals surface area (Å²) in [6.45, 7) is 6.11. The molecule has 1 N–H and O–H groups in total. The first-order valence-corrected chi connectivity index (χ1v) is 7.73. The predicted octanol–water partition coefficient (Wildman–Crippen LogP) is 2.54. The summed E-state index contributed by atoms with van der Waals surface area (Å²) < 4.78 is 3.70. The highest BCUT2D eigenvalue weighted by Gasteiger charge is 2.25. The van der Waals surface area contributed by atoms with Crippen LogP contribution in [0.1, 0.15) is 58.4 Å². The van der Waals surface area contributed by atoms with Crippen LogP contribution in [0.3, 0.4) is 0 Å². The van der Waals surface area contributed by atoms with Crippen LogP contribution in [-0.4, -0.2) is 21.7 Å². The average Bonchev–Trinajstić information content (AvgIpc) is 3.16. The number of aromatic nitrogens is 2. The van der Waals surface area contributed by atoms with Crippen LogP contribution >= 0.6 is 0 Å². The van der Waals surface area contributed by atoms with Crippen molar-refractivity contribution in [2.24, 2.45) is 0 Å². The summed E-state index contributed by atoms with van der Waals surface area (Å²) in [5.41, 5.74) is 0.155. The van der Waals surface area contributed by atoms with Gasteiger partial charge in [-0.15, -0.1) is 0 Å². The van der Waals surface area contributed by atoms with Crippen LogP contribution in [0.5, 0.6) is 0 Å². The molecule has 19 heavy (non-hydrogen) atoms. The van der Waals surface area contributed by atoms with E-state index in [0.717, 1.165) is 25.9 Å². The van der Waals surface area contributed by atoms with Crippen molar-refractivity contribution >= 4 is 0 Å². The van der Waals surface area contributed by atoms with Crippen LogP contribution in [-0.2, 0) is 6.54 Å². The monoisotopic (exact) mass is 265 g/mol.